The number of nitrogens with zero attached hydrogens (tertiary/aromatic N) is 3. The van der Waals surface area contributed by atoms with Crippen LogP contribution in [0.4, 0.5) is 5.69 Å². The molecule has 166 valence electrons. The van der Waals surface area contributed by atoms with Gasteiger partial charge in [-0.1, -0.05) is 48.5 Å². The topological polar surface area (TPSA) is 46.2 Å². The van der Waals surface area contributed by atoms with E-state index in [1.165, 1.54) is 0 Å². The molecule has 2 aromatic heterocycles. The predicted octanol–water partition coefficient (Wildman–Crippen LogP) is 8.77. The summed E-state index contributed by atoms with van der Waals surface area (Å²) in [5.41, 5.74) is 7.96. The molecular formula is C32H17N3O. The molecule has 0 aliphatic carbocycles. The number of nitriles is 1. The van der Waals surface area contributed by atoms with Crippen LogP contribution >= 0.6 is 0 Å². The minimum absolute atomic E-state index is 0.582. The van der Waals surface area contributed by atoms with E-state index in [1.807, 2.05) is 54.6 Å². The van der Waals surface area contributed by atoms with E-state index < -0.39 is 0 Å². The fraction of sp³-hybridized carbons (Fsp3) is 0. The third-order valence-electron chi connectivity index (χ3n) is 6.82. The molecule has 0 aliphatic rings. The van der Waals surface area contributed by atoms with Gasteiger partial charge in [0.25, 0.3) is 0 Å². The first-order chi connectivity index (χ1) is 17.7. The van der Waals surface area contributed by atoms with E-state index in [-0.39, 0.29) is 0 Å². The molecule has 0 radical (unpaired) electrons. The lowest BCUT2D eigenvalue weighted by Gasteiger charge is -2.09. The van der Waals surface area contributed by atoms with Gasteiger partial charge in [0.15, 0.2) is 5.69 Å². The van der Waals surface area contributed by atoms with Crippen molar-refractivity contribution < 1.29 is 4.42 Å². The zero-order valence-electron chi connectivity index (χ0n) is 19.1. The number of para-hydroxylation sites is 1. The van der Waals surface area contributed by atoms with Crippen molar-refractivity contribution in [3.8, 4) is 22.9 Å². The Labute approximate surface area is 206 Å². The lowest BCUT2D eigenvalue weighted by atomic mass is 10.0. The summed E-state index contributed by atoms with van der Waals surface area (Å²) in [7, 11) is 0. The number of furan rings is 1. The first kappa shape index (κ1) is 20.1. The van der Waals surface area contributed by atoms with Gasteiger partial charge in [-0.25, -0.2) is 4.85 Å². The van der Waals surface area contributed by atoms with E-state index in [1.54, 1.807) is 6.07 Å². The summed E-state index contributed by atoms with van der Waals surface area (Å²) in [5, 5.41) is 13.8. The number of benzene rings is 5. The molecule has 0 N–H and O–H groups in total. The lowest BCUT2D eigenvalue weighted by molar-refractivity contribution is 0.669. The van der Waals surface area contributed by atoms with E-state index in [0.717, 1.165) is 60.6 Å². The maximum Gasteiger partial charge on any atom is 0.189 e. The zero-order chi connectivity index (χ0) is 24.2. The van der Waals surface area contributed by atoms with E-state index in [4.69, 9.17) is 11.0 Å². The molecule has 0 fully saturated rings. The second-order valence-corrected chi connectivity index (χ2v) is 8.85. The van der Waals surface area contributed by atoms with Crippen LogP contribution in [0, 0.1) is 17.9 Å². The molecule has 0 aliphatic heterocycles. The van der Waals surface area contributed by atoms with Crippen molar-refractivity contribution in [2.75, 3.05) is 0 Å². The van der Waals surface area contributed by atoms with E-state index in [2.05, 4.69) is 57.9 Å². The molecule has 5 aromatic carbocycles. The Morgan fingerprint density at radius 2 is 1.47 bits per heavy atom. The van der Waals surface area contributed by atoms with Gasteiger partial charge in [0.2, 0.25) is 0 Å². The highest BCUT2D eigenvalue weighted by Crippen LogP contribution is 2.38. The summed E-state index contributed by atoms with van der Waals surface area (Å²) in [6.07, 6.45) is 0. The van der Waals surface area contributed by atoms with Crippen molar-refractivity contribution >= 4 is 49.4 Å². The fourth-order valence-corrected chi connectivity index (χ4v) is 5.16. The minimum Gasteiger partial charge on any atom is -0.456 e. The van der Waals surface area contributed by atoms with E-state index >= 15 is 0 Å². The molecule has 36 heavy (non-hydrogen) atoms. The first-order valence-electron chi connectivity index (χ1n) is 11.6. The molecule has 0 bridgehead atoms. The van der Waals surface area contributed by atoms with Crippen LogP contribution in [-0.2, 0) is 0 Å². The normalized spacial score (nSPS) is 11.3. The van der Waals surface area contributed by atoms with Gasteiger partial charge in [-0.2, -0.15) is 5.26 Å². The highest BCUT2D eigenvalue weighted by Gasteiger charge is 2.15. The standard InChI is InChI=1S/C32H17N3O/c1-34-23-11-13-25-28-16-21(22-9-12-27-26-7-2-3-8-31(26)36-32(27)17-22)10-14-29(28)35(30(25)18-23)24-6-4-5-20(15-24)19-33/h2-18H. The number of aromatic nitrogens is 1. The Hall–Kier alpha value is -5.32. The van der Waals surface area contributed by atoms with Gasteiger partial charge >= 0.3 is 0 Å². The third-order valence-corrected chi connectivity index (χ3v) is 6.82. The molecular weight excluding hydrogens is 442 g/mol. The quantitative estimate of drug-likeness (QED) is 0.243. The Balaban J connectivity index is 1.48. The Morgan fingerprint density at radius 3 is 2.36 bits per heavy atom. The average molecular weight is 460 g/mol. The Morgan fingerprint density at radius 1 is 0.667 bits per heavy atom. The highest BCUT2D eigenvalue weighted by molar-refractivity contribution is 6.12. The van der Waals surface area contributed by atoms with Crippen LogP contribution < -0.4 is 0 Å². The SMILES string of the molecule is [C-]#[N+]c1ccc2c3cc(-c4ccc5c(c4)oc4ccccc45)ccc3n(-c3cccc(C#N)c3)c2c1. The molecule has 0 unspecified atom stereocenters. The maximum absolute atomic E-state index is 9.45. The third kappa shape index (κ3) is 2.92. The first-order valence-corrected chi connectivity index (χ1v) is 11.6. The van der Waals surface area contributed by atoms with Crippen molar-refractivity contribution in [1.82, 2.24) is 4.57 Å². The molecule has 0 spiro atoms. The molecule has 7 rings (SSSR count). The van der Waals surface area contributed by atoms with Gasteiger partial charge in [-0.05, 0) is 65.7 Å². The Bertz CT molecular complexity index is 2080. The van der Waals surface area contributed by atoms with Crippen LogP contribution in [0.5, 0.6) is 0 Å². The Kier molecular flexibility index (Phi) is 4.24. The van der Waals surface area contributed by atoms with Crippen LogP contribution in [0.15, 0.2) is 108 Å². The maximum atomic E-state index is 9.45. The van der Waals surface area contributed by atoms with Crippen molar-refractivity contribution in [2.24, 2.45) is 0 Å². The minimum atomic E-state index is 0.582. The monoisotopic (exact) mass is 459 g/mol. The molecule has 0 atom stereocenters. The molecule has 4 nitrogen and oxygen atoms in total. The lowest BCUT2D eigenvalue weighted by Crippen LogP contribution is -1.94. The van der Waals surface area contributed by atoms with Crippen molar-refractivity contribution in [2.45, 2.75) is 0 Å². The van der Waals surface area contributed by atoms with Gasteiger partial charge in [0.1, 0.15) is 11.2 Å². The van der Waals surface area contributed by atoms with Gasteiger partial charge in [0, 0.05) is 32.7 Å². The van der Waals surface area contributed by atoms with Crippen molar-refractivity contribution in [3.05, 3.63) is 120 Å². The number of rotatable bonds is 2. The fourth-order valence-electron chi connectivity index (χ4n) is 5.16. The summed E-state index contributed by atoms with van der Waals surface area (Å²) in [4.78, 5) is 3.65. The van der Waals surface area contributed by atoms with Crippen LogP contribution in [0.3, 0.4) is 0 Å². The van der Waals surface area contributed by atoms with E-state index in [0.29, 0.717) is 11.3 Å². The summed E-state index contributed by atoms with van der Waals surface area (Å²) >= 11 is 0. The molecule has 0 amide bonds. The molecule has 0 saturated heterocycles. The molecule has 2 heterocycles. The van der Waals surface area contributed by atoms with Gasteiger partial charge in [-0.3, -0.25) is 0 Å². The molecule has 4 heteroatoms. The number of fused-ring (bicyclic) bond motifs is 6. The summed E-state index contributed by atoms with van der Waals surface area (Å²) in [6.45, 7) is 7.51. The van der Waals surface area contributed by atoms with Gasteiger partial charge in [-0.15, -0.1) is 0 Å². The van der Waals surface area contributed by atoms with Gasteiger partial charge < -0.3 is 8.98 Å². The number of hydrogen-bond acceptors (Lipinski definition) is 2. The summed E-state index contributed by atoms with van der Waals surface area (Å²) in [6, 6.07) is 36.5. The van der Waals surface area contributed by atoms with Crippen molar-refractivity contribution in [3.63, 3.8) is 0 Å². The summed E-state index contributed by atoms with van der Waals surface area (Å²) in [5.74, 6) is 0. The zero-order valence-corrected chi connectivity index (χ0v) is 19.1. The predicted molar refractivity (Wildman–Crippen MR) is 144 cm³/mol. The van der Waals surface area contributed by atoms with Crippen LogP contribution in [0.2, 0.25) is 0 Å². The van der Waals surface area contributed by atoms with Gasteiger partial charge in [0.05, 0.1) is 23.7 Å². The highest BCUT2D eigenvalue weighted by atomic mass is 16.3. The molecule has 0 saturated carbocycles. The smallest absolute Gasteiger partial charge is 0.189 e. The summed E-state index contributed by atoms with van der Waals surface area (Å²) < 4.78 is 8.25. The largest absolute Gasteiger partial charge is 0.456 e. The molecule has 7 aromatic rings. The second-order valence-electron chi connectivity index (χ2n) is 8.85. The van der Waals surface area contributed by atoms with Crippen LogP contribution in [0.1, 0.15) is 5.56 Å². The number of hydrogen-bond donors (Lipinski definition) is 0. The average Bonchev–Trinajstić information content (AvgIpc) is 3.47. The van der Waals surface area contributed by atoms with Crippen molar-refractivity contribution in [1.29, 1.82) is 5.26 Å². The second kappa shape index (κ2) is 7.60. The van der Waals surface area contributed by atoms with Crippen LogP contribution in [0.25, 0.3) is 65.4 Å². The van der Waals surface area contributed by atoms with Crippen LogP contribution in [-0.4, -0.2) is 4.57 Å². The van der Waals surface area contributed by atoms with E-state index in [9.17, 15) is 5.26 Å².